The van der Waals surface area contributed by atoms with Gasteiger partial charge in [-0.1, -0.05) is 11.6 Å². The van der Waals surface area contributed by atoms with Crippen LogP contribution in [0.2, 0.25) is 5.02 Å². The smallest absolute Gasteiger partial charge is 0.281 e. The second-order valence-corrected chi connectivity index (χ2v) is 6.59. The molecular formula is C11H10BrClN4O2S. The number of hydrogen-bond donors (Lipinski definition) is 3. The highest BCUT2D eigenvalue weighted by Crippen LogP contribution is 2.27. The average Bonchev–Trinajstić information content (AvgIpc) is 2.42. The van der Waals surface area contributed by atoms with Crippen LogP contribution in [0, 0.1) is 0 Å². The van der Waals surface area contributed by atoms with Gasteiger partial charge in [0.2, 0.25) is 5.03 Å². The van der Waals surface area contributed by atoms with E-state index in [1.807, 2.05) is 0 Å². The summed E-state index contributed by atoms with van der Waals surface area (Å²) < 4.78 is 27.6. The molecule has 0 fully saturated rings. The first-order chi connectivity index (χ1) is 9.44. The van der Waals surface area contributed by atoms with Crippen LogP contribution in [0.25, 0.3) is 0 Å². The van der Waals surface area contributed by atoms with E-state index >= 15 is 0 Å². The molecule has 0 aliphatic heterocycles. The van der Waals surface area contributed by atoms with Crippen LogP contribution in [0.1, 0.15) is 0 Å². The van der Waals surface area contributed by atoms with Crippen molar-refractivity contribution < 1.29 is 8.42 Å². The fourth-order valence-electron chi connectivity index (χ4n) is 1.48. The third kappa shape index (κ3) is 3.21. The molecule has 0 aliphatic rings. The van der Waals surface area contributed by atoms with E-state index in [9.17, 15) is 8.42 Å². The first-order valence-electron chi connectivity index (χ1n) is 5.33. The summed E-state index contributed by atoms with van der Waals surface area (Å²) in [5.41, 5.74) is 2.82. The maximum atomic E-state index is 12.3. The van der Waals surface area contributed by atoms with Crippen LogP contribution in [0.5, 0.6) is 0 Å². The monoisotopic (exact) mass is 376 g/mol. The molecule has 2 aromatic rings. The summed E-state index contributed by atoms with van der Waals surface area (Å²) >= 11 is 9.15. The molecule has 20 heavy (non-hydrogen) atoms. The number of pyridine rings is 1. The summed E-state index contributed by atoms with van der Waals surface area (Å²) in [6.45, 7) is 0. The topological polar surface area (TPSA) is 97.1 Å². The van der Waals surface area contributed by atoms with Gasteiger partial charge in [-0.2, -0.15) is 8.42 Å². The zero-order valence-corrected chi connectivity index (χ0v) is 13.1. The highest BCUT2D eigenvalue weighted by Gasteiger charge is 2.20. The molecule has 0 radical (unpaired) electrons. The number of nitrogens with two attached hydrogens (primary N) is 1. The first kappa shape index (κ1) is 15.0. The summed E-state index contributed by atoms with van der Waals surface area (Å²) in [5, 5.41) is 0.199. The predicted octanol–water partition coefficient (Wildman–Crippen LogP) is 2.58. The average molecular weight is 378 g/mol. The van der Waals surface area contributed by atoms with Crippen molar-refractivity contribution in [3.05, 3.63) is 46.0 Å². The number of hydrogen-bond acceptors (Lipinski definition) is 5. The number of benzene rings is 1. The number of halogens is 2. The minimum Gasteiger partial charge on any atom is -0.321 e. The van der Waals surface area contributed by atoms with Crippen LogP contribution in [-0.4, -0.2) is 13.4 Å². The van der Waals surface area contributed by atoms with E-state index in [0.29, 0.717) is 15.2 Å². The Morgan fingerprint density at radius 1 is 1.30 bits per heavy atom. The Morgan fingerprint density at radius 3 is 2.70 bits per heavy atom. The summed E-state index contributed by atoms with van der Waals surface area (Å²) in [7, 11) is -3.86. The van der Waals surface area contributed by atoms with E-state index in [2.05, 4.69) is 31.1 Å². The van der Waals surface area contributed by atoms with E-state index in [4.69, 9.17) is 17.4 Å². The molecule has 106 valence electrons. The maximum Gasteiger partial charge on any atom is 0.281 e. The maximum absolute atomic E-state index is 12.3. The Balaban J connectivity index is 2.38. The van der Waals surface area contributed by atoms with Gasteiger partial charge < -0.3 is 5.43 Å². The van der Waals surface area contributed by atoms with Gasteiger partial charge in [-0.05, 0) is 46.3 Å². The highest BCUT2D eigenvalue weighted by atomic mass is 79.9. The second kappa shape index (κ2) is 5.96. The van der Waals surface area contributed by atoms with Crippen molar-refractivity contribution in [1.29, 1.82) is 0 Å². The molecule has 0 amide bonds. The van der Waals surface area contributed by atoms with Crippen molar-refractivity contribution in [3.63, 3.8) is 0 Å². The van der Waals surface area contributed by atoms with Gasteiger partial charge in [0.15, 0.2) is 0 Å². The lowest BCUT2D eigenvalue weighted by atomic mass is 10.3. The van der Waals surface area contributed by atoms with Crippen molar-refractivity contribution in [2.45, 2.75) is 5.03 Å². The van der Waals surface area contributed by atoms with Gasteiger partial charge in [0.25, 0.3) is 10.0 Å². The van der Waals surface area contributed by atoms with Gasteiger partial charge in [0.1, 0.15) is 0 Å². The Morgan fingerprint density at radius 2 is 2.05 bits per heavy atom. The molecule has 0 saturated carbocycles. The van der Waals surface area contributed by atoms with Crippen LogP contribution in [0.4, 0.5) is 11.4 Å². The van der Waals surface area contributed by atoms with Gasteiger partial charge >= 0.3 is 0 Å². The number of hydrazine groups is 1. The molecule has 2 rings (SSSR count). The minimum atomic E-state index is -3.86. The first-order valence-corrected chi connectivity index (χ1v) is 7.99. The largest absolute Gasteiger partial charge is 0.321 e. The lowest BCUT2D eigenvalue weighted by Crippen LogP contribution is -2.18. The molecule has 0 aliphatic carbocycles. The minimum absolute atomic E-state index is 0.193. The molecule has 0 bridgehead atoms. The Kier molecular flexibility index (Phi) is 4.48. The highest BCUT2D eigenvalue weighted by molar-refractivity contribution is 9.10. The molecule has 1 heterocycles. The number of nitrogens with zero attached hydrogens (tertiary/aromatic N) is 1. The Labute approximate surface area is 129 Å². The van der Waals surface area contributed by atoms with E-state index in [0.717, 1.165) is 0 Å². The molecule has 9 heteroatoms. The van der Waals surface area contributed by atoms with Crippen molar-refractivity contribution >= 4 is 48.9 Å². The van der Waals surface area contributed by atoms with Gasteiger partial charge in [-0.3, -0.25) is 10.6 Å². The fourth-order valence-corrected chi connectivity index (χ4v) is 3.06. The van der Waals surface area contributed by atoms with E-state index < -0.39 is 10.0 Å². The Bertz CT molecular complexity index is 739. The fraction of sp³-hybridized carbons (Fsp3) is 0. The summed E-state index contributed by atoms with van der Waals surface area (Å²) in [5.74, 6) is 5.28. The standard InChI is InChI=1S/C11H10BrClN4O2S/c12-8-4-3-7(6-9(8)13)17-20(18,19)11-10(16-14)2-1-5-15-11/h1-6,16-17H,14H2. The van der Waals surface area contributed by atoms with Crippen LogP contribution in [0.15, 0.2) is 46.0 Å². The number of rotatable bonds is 4. The van der Waals surface area contributed by atoms with Gasteiger partial charge in [0, 0.05) is 10.7 Å². The molecule has 0 spiro atoms. The summed E-state index contributed by atoms with van der Waals surface area (Å²) in [6, 6.07) is 7.79. The van der Waals surface area contributed by atoms with Crippen LogP contribution in [0.3, 0.4) is 0 Å². The van der Waals surface area contributed by atoms with Crippen LogP contribution in [-0.2, 0) is 10.0 Å². The van der Waals surface area contributed by atoms with E-state index in [1.165, 1.54) is 18.3 Å². The molecule has 0 atom stereocenters. The van der Waals surface area contributed by atoms with Crippen LogP contribution < -0.4 is 16.0 Å². The molecule has 0 saturated heterocycles. The Hall–Kier alpha value is -1.35. The van der Waals surface area contributed by atoms with Gasteiger partial charge in [-0.15, -0.1) is 0 Å². The predicted molar refractivity (Wildman–Crippen MR) is 82.0 cm³/mol. The quantitative estimate of drug-likeness (QED) is 0.562. The SMILES string of the molecule is NNc1cccnc1S(=O)(=O)Nc1ccc(Br)c(Cl)c1. The molecule has 0 unspecified atom stereocenters. The number of nitrogen functional groups attached to an aromatic ring is 1. The molecular weight excluding hydrogens is 368 g/mol. The molecule has 4 N–H and O–H groups in total. The molecule has 1 aromatic carbocycles. The van der Waals surface area contributed by atoms with Crippen molar-refractivity contribution in [2.75, 3.05) is 10.1 Å². The van der Waals surface area contributed by atoms with Gasteiger partial charge in [0.05, 0.1) is 16.4 Å². The van der Waals surface area contributed by atoms with Crippen LogP contribution >= 0.6 is 27.5 Å². The molecule has 6 nitrogen and oxygen atoms in total. The zero-order valence-electron chi connectivity index (χ0n) is 9.97. The second-order valence-electron chi connectivity index (χ2n) is 3.73. The van der Waals surface area contributed by atoms with E-state index in [-0.39, 0.29) is 10.7 Å². The lowest BCUT2D eigenvalue weighted by Gasteiger charge is -2.11. The normalized spacial score (nSPS) is 11.2. The molecule has 1 aromatic heterocycles. The number of aromatic nitrogens is 1. The van der Waals surface area contributed by atoms with Crippen molar-refractivity contribution in [3.8, 4) is 0 Å². The summed E-state index contributed by atoms with van der Waals surface area (Å²) in [6.07, 6.45) is 1.37. The third-order valence-corrected chi connectivity index (χ3v) is 4.92. The number of nitrogens with one attached hydrogen (secondary N) is 2. The van der Waals surface area contributed by atoms with Gasteiger partial charge in [-0.25, -0.2) is 4.98 Å². The number of anilines is 2. The summed E-state index contributed by atoms with van der Waals surface area (Å²) in [4.78, 5) is 3.82. The van der Waals surface area contributed by atoms with Crippen molar-refractivity contribution in [2.24, 2.45) is 5.84 Å². The zero-order chi connectivity index (χ0) is 14.8. The third-order valence-electron chi connectivity index (χ3n) is 2.35. The number of sulfonamides is 1. The van der Waals surface area contributed by atoms with Crippen molar-refractivity contribution in [1.82, 2.24) is 4.98 Å². The van der Waals surface area contributed by atoms with E-state index in [1.54, 1.807) is 18.2 Å². The lowest BCUT2D eigenvalue weighted by molar-refractivity contribution is 0.598.